The Labute approximate surface area is 152 Å². The SMILES string of the molecule is CC(NC(=O)[C@H]1NCCO[C@@H]1C)c1noc(Cc2ccccc2)n1.Cl. The molecule has 1 unspecified atom stereocenters. The summed E-state index contributed by atoms with van der Waals surface area (Å²) in [5.41, 5.74) is 1.10. The third-order valence-corrected chi connectivity index (χ3v) is 4.03. The number of amides is 1. The molecule has 0 bridgehead atoms. The van der Waals surface area contributed by atoms with Crippen molar-refractivity contribution in [3.63, 3.8) is 0 Å². The fourth-order valence-electron chi connectivity index (χ4n) is 2.68. The van der Waals surface area contributed by atoms with Crippen LogP contribution in [0.3, 0.4) is 0 Å². The van der Waals surface area contributed by atoms with Gasteiger partial charge in [0, 0.05) is 6.54 Å². The molecule has 0 aliphatic carbocycles. The molecule has 8 heteroatoms. The van der Waals surface area contributed by atoms with Gasteiger partial charge in [-0.1, -0.05) is 35.5 Å². The number of hydrogen-bond donors (Lipinski definition) is 2. The van der Waals surface area contributed by atoms with E-state index in [1.54, 1.807) is 0 Å². The van der Waals surface area contributed by atoms with Crippen molar-refractivity contribution in [1.82, 2.24) is 20.8 Å². The van der Waals surface area contributed by atoms with Crippen LogP contribution in [0.1, 0.15) is 37.2 Å². The minimum absolute atomic E-state index is 0. The van der Waals surface area contributed by atoms with Crippen LogP contribution >= 0.6 is 12.4 Å². The first-order chi connectivity index (χ1) is 11.6. The van der Waals surface area contributed by atoms with E-state index in [1.165, 1.54) is 0 Å². The van der Waals surface area contributed by atoms with Crippen molar-refractivity contribution >= 4 is 18.3 Å². The van der Waals surface area contributed by atoms with Gasteiger partial charge in [-0.25, -0.2) is 0 Å². The molecule has 3 rings (SSSR count). The van der Waals surface area contributed by atoms with Crippen LogP contribution in [0.25, 0.3) is 0 Å². The lowest BCUT2D eigenvalue weighted by Crippen LogP contribution is -2.55. The number of carbonyl (C=O) groups excluding carboxylic acids is 1. The fourth-order valence-corrected chi connectivity index (χ4v) is 2.68. The molecule has 2 aromatic rings. The number of hydrogen-bond acceptors (Lipinski definition) is 6. The average Bonchev–Trinajstić information content (AvgIpc) is 3.04. The Morgan fingerprint density at radius 1 is 1.40 bits per heavy atom. The second kappa shape index (κ2) is 8.94. The largest absolute Gasteiger partial charge is 0.375 e. The molecular formula is C17H23ClN4O3. The van der Waals surface area contributed by atoms with E-state index in [-0.39, 0.29) is 36.5 Å². The summed E-state index contributed by atoms with van der Waals surface area (Å²) in [5, 5.41) is 10.0. The molecule has 25 heavy (non-hydrogen) atoms. The normalized spacial score (nSPS) is 21.2. The molecule has 2 heterocycles. The van der Waals surface area contributed by atoms with Gasteiger partial charge in [0.15, 0.2) is 5.82 Å². The Morgan fingerprint density at radius 2 is 2.16 bits per heavy atom. The van der Waals surface area contributed by atoms with Crippen molar-refractivity contribution in [2.24, 2.45) is 0 Å². The lowest BCUT2D eigenvalue weighted by atomic mass is 10.1. The zero-order chi connectivity index (χ0) is 16.9. The maximum absolute atomic E-state index is 12.4. The van der Waals surface area contributed by atoms with Gasteiger partial charge in [0.25, 0.3) is 0 Å². The van der Waals surface area contributed by atoms with Crippen LogP contribution in [0, 0.1) is 0 Å². The number of benzene rings is 1. The summed E-state index contributed by atoms with van der Waals surface area (Å²) < 4.78 is 10.8. The van der Waals surface area contributed by atoms with Crippen molar-refractivity contribution in [2.75, 3.05) is 13.2 Å². The Morgan fingerprint density at radius 3 is 2.88 bits per heavy atom. The van der Waals surface area contributed by atoms with Crippen LogP contribution in [0.4, 0.5) is 0 Å². The highest BCUT2D eigenvalue weighted by molar-refractivity contribution is 5.85. The molecule has 1 aliphatic heterocycles. The smallest absolute Gasteiger partial charge is 0.240 e. The fraction of sp³-hybridized carbons (Fsp3) is 0.471. The molecule has 7 nitrogen and oxygen atoms in total. The zero-order valence-corrected chi connectivity index (χ0v) is 15.1. The standard InChI is InChI=1S/C17H22N4O3.ClH/c1-11(19-17(22)15-12(2)23-9-8-18-15)16-20-14(24-21-16)10-13-6-4-3-5-7-13;/h3-7,11-12,15,18H,8-10H2,1-2H3,(H,19,22);1H/t11?,12-,15+;/m1./s1. The molecule has 1 aliphatic rings. The monoisotopic (exact) mass is 366 g/mol. The average molecular weight is 367 g/mol. The molecule has 0 saturated carbocycles. The highest BCUT2D eigenvalue weighted by Gasteiger charge is 2.29. The van der Waals surface area contributed by atoms with E-state index >= 15 is 0 Å². The van der Waals surface area contributed by atoms with Crippen molar-refractivity contribution < 1.29 is 14.1 Å². The zero-order valence-electron chi connectivity index (χ0n) is 14.3. The topological polar surface area (TPSA) is 89.3 Å². The lowest BCUT2D eigenvalue weighted by Gasteiger charge is -2.29. The molecule has 2 N–H and O–H groups in total. The molecule has 0 spiro atoms. The van der Waals surface area contributed by atoms with E-state index in [2.05, 4.69) is 20.8 Å². The summed E-state index contributed by atoms with van der Waals surface area (Å²) in [6.45, 7) is 5.01. The predicted octanol–water partition coefficient (Wildman–Crippen LogP) is 1.64. The lowest BCUT2D eigenvalue weighted by molar-refractivity contribution is -0.129. The Balaban J connectivity index is 0.00000225. The van der Waals surface area contributed by atoms with Crippen LogP contribution in [0.2, 0.25) is 0 Å². The first-order valence-corrected chi connectivity index (χ1v) is 8.15. The Hall–Kier alpha value is -1.96. The maximum Gasteiger partial charge on any atom is 0.240 e. The number of rotatable bonds is 5. The van der Waals surface area contributed by atoms with Crippen LogP contribution < -0.4 is 10.6 Å². The van der Waals surface area contributed by atoms with Crippen molar-refractivity contribution in [2.45, 2.75) is 38.5 Å². The quantitative estimate of drug-likeness (QED) is 0.836. The molecule has 1 saturated heterocycles. The number of ether oxygens (including phenoxy) is 1. The van der Waals surface area contributed by atoms with Gasteiger partial charge in [-0.2, -0.15) is 4.98 Å². The summed E-state index contributed by atoms with van der Waals surface area (Å²) >= 11 is 0. The molecular weight excluding hydrogens is 344 g/mol. The van der Waals surface area contributed by atoms with Gasteiger partial charge in [-0.05, 0) is 19.4 Å². The van der Waals surface area contributed by atoms with Gasteiger partial charge >= 0.3 is 0 Å². The van der Waals surface area contributed by atoms with Crippen molar-refractivity contribution in [3.8, 4) is 0 Å². The van der Waals surface area contributed by atoms with E-state index in [9.17, 15) is 4.79 Å². The third-order valence-electron chi connectivity index (χ3n) is 4.03. The number of carbonyl (C=O) groups is 1. The van der Waals surface area contributed by atoms with Gasteiger partial charge in [0.05, 0.1) is 25.2 Å². The van der Waals surface area contributed by atoms with Crippen LogP contribution in [0.5, 0.6) is 0 Å². The van der Waals surface area contributed by atoms with Crippen LogP contribution in [0.15, 0.2) is 34.9 Å². The van der Waals surface area contributed by atoms with Crippen LogP contribution in [-0.4, -0.2) is 41.3 Å². The number of nitrogens with one attached hydrogen (secondary N) is 2. The van der Waals surface area contributed by atoms with Gasteiger partial charge in [-0.15, -0.1) is 12.4 Å². The summed E-state index contributed by atoms with van der Waals surface area (Å²) in [6.07, 6.45) is 0.411. The van der Waals surface area contributed by atoms with E-state index in [4.69, 9.17) is 9.26 Å². The molecule has 136 valence electrons. The highest BCUT2D eigenvalue weighted by atomic mass is 35.5. The minimum atomic E-state index is -0.364. The Kier molecular flexibility index (Phi) is 6.92. The molecule has 0 radical (unpaired) electrons. The van der Waals surface area contributed by atoms with Gasteiger partial charge in [0.2, 0.25) is 11.8 Å². The molecule has 3 atom stereocenters. The molecule has 1 aromatic heterocycles. The third kappa shape index (κ3) is 5.01. The number of nitrogens with zero attached hydrogens (tertiary/aromatic N) is 2. The van der Waals surface area contributed by atoms with Gasteiger partial charge in [0.1, 0.15) is 6.04 Å². The summed E-state index contributed by atoms with van der Waals surface area (Å²) in [6, 6.07) is 9.21. The summed E-state index contributed by atoms with van der Waals surface area (Å²) in [5.74, 6) is 0.882. The minimum Gasteiger partial charge on any atom is -0.375 e. The maximum atomic E-state index is 12.4. The first-order valence-electron chi connectivity index (χ1n) is 8.15. The highest BCUT2D eigenvalue weighted by Crippen LogP contribution is 2.13. The second-order valence-electron chi connectivity index (χ2n) is 5.95. The Bertz CT molecular complexity index is 680. The van der Waals surface area contributed by atoms with E-state index in [0.29, 0.717) is 31.3 Å². The number of morpholine rings is 1. The number of aromatic nitrogens is 2. The van der Waals surface area contributed by atoms with E-state index < -0.39 is 0 Å². The van der Waals surface area contributed by atoms with Gasteiger partial charge in [-0.3, -0.25) is 4.79 Å². The number of halogens is 1. The van der Waals surface area contributed by atoms with Crippen molar-refractivity contribution in [3.05, 3.63) is 47.6 Å². The second-order valence-corrected chi connectivity index (χ2v) is 5.95. The first kappa shape index (κ1) is 19.4. The molecule has 1 fully saturated rings. The van der Waals surface area contributed by atoms with Crippen molar-refractivity contribution in [1.29, 1.82) is 0 Å². The summed E-state index contributed by atoms with van der Waals surface area (Å²) in [4.78, 5) is 16.7. The summed E-state index contributed by atoms with van der Waals surface area (Å²) in [7, 11) is 0. The van der Waals surface area contributed by atoms with E-state index in [1.807, 2.05) is 44.2 Å². The molecule has 1 amide bonds. The van der Waals surface area contributed by atoms with E-state index in [0.717, 1.165) is 5.56 Å². The van der Waals surface area contributed by atoms with Crippen LogP contribution in [-0.2, 0) is 16.0 Å². The van der Waals surface area contributed by atoms with Gasteiger partial charge < -0.3 is 19.9 Å². The predicted molar refractivity (Wildman–Crippen MR) is 94.6 cm³/mol. The molecule has 1 aromatic carbocycles.